The second kappa shape index (κ2) is 7.16. The maximum atomic E-state index is 5.95. The molecule has 2 aromatic carbocycles. The molecular weight excluding hydrogens is 342 g/mol. The molecule has 2 aromatic rings. The van der Waals surface area contributed by atoms with E-state index in [4.69, 9.17) is 9.47 Å². The molecule has 0 atom stereocenters. The third kappa shape index (κ3) is 4.02. The molecule has 1 fully saturated rings. The Hall–Kier alpha value is -1.52. The summed E-state index contributed by atoms with van der Waals surface area (Å²) in [5, 5.41) is 3.51. The first-order valence-corrected chi connectivity index (χ1v) is 8.32. The number of hydrogen-bond acceptors (Lipinski definition) is 3. The Morgan fingerprint density at radius 1 is 1.14 bits per heavy atom. The highest BCUT2D eigenvalue weighted by atomic mass is 79.9. The molecule has 1 aliphatic rings. The molecule has 0 bridgehead atoms. The second-order valence-corrected chi connectivity index (χ2v) is 6.39. The van der Waals surface area contributed by atoms with Crippen molar-refractivity contribution in [2.24, 2.45) is 0 Å². The molecule has 0 radical (unpaired) electrons. The standard InChI is InChI=1S/C18H20BrNO2/c1-21-17-10-14(11-20-15-7-8-15)9-16(19)18(17)22-12-13-5-3-2-4-6-13/h2-6,9-10,15,20H,7-8,11-12H2,1H3. The highest BCUT2D eigenvalue weighted by Gasteiger charge is 2.20. The van der Waals surface area contributed by atoms with Crippen LogP contribution in [-0.2, 0) is 13.2 Å². The Morgan fingerprint density at radius 3 is 2.59 bits per heavy atom. The number of nitrogens with one attached hydrogen (secondary N) is 1. The summed E-state index contributed by atoms with van der Waals surface area (Å²) in [5.41, 5.74) is 2.33. The van der Waals surface area contributed by atoms with Gasteiger partial charge in [-0.2, -0.15) is 0 Å². The molecule has 4 heteroatoms. The predicted octanol–water partition coefficient (Wildman–Crippen LogP) is 4.29. The fourth-order valence-corrected chi connectivity index (χ4v) is 2.90. The molecule has 1 N–H and O–H groups in total. The Morgan fingerprint density at radius 2 is 1.91 bits per heavy atom. The van der Waals surface area contributed by atoms with Crippen LogP contribution in [0.15, 0.2) is 46.9 Å². The van der Waals surface area contributed by atoms with E-state index < -0.39 is 0 Å². The van der Waals surface area contributed by atoms with Gasteiger partial charge in [0, 0.05) is 12.6 Å². The zero-order valence-electron chi connectivity index (χ0n) is 12.6. The fourth-order valence-electron chi connectivity index (χ4n) is 2.29. The first kappa shape index (κ1) is 15.4. The van der Waals surface area contributed by atoms with E-state index in [2.05, 4.69) is 27.3 Å². The van der Waals surface area contributed by atoms with Crippen LogP contribution in [0, 0.1) is 0 Å². The average molecular weight is 362 g/mol. The number of ether oxygens (including phenoxy) is 2. The van der Waals surface area contributed by atoms with Gasteiger partial charge in [-0.1, -0.05) is 30.3 Å². The van der Waals surface area contributed by atoms with Crippen molar-refractivity contribution in [3.8, 4) is 11.5 Å². The molecule has 0 saturated heterocycles. The van der Waals surface area contributed by atoms with E-state index in [1.807, 2.05) is 36.4 Å². The van der Waals surface area contributed by atoms with E-state index in [-0.39, 0.29) is 0 Å². The molecule has 3 rings (SSSR count). The van der Waals surface area contributed by atoms with Gasteiger partial charge in [-0.3, -0.25) is 0 Å². The largest absolute Gasteiger partial charge is 0.493 e. The van der Waals surface area contributed by atoms with Crippen molar-refractivity contribution < 1.29 is 9.47 Å². The van der Waals surface area contributed by atoms with E-state index in [1.165, 1.54) is 18.4 Å². The van der Waals surface area contributed by atoms with Gasteiger partial charge >= 0.3 is 0 Å². The van der Waals surface area contributed by atoms with E-state index in [1.54, 1.807) is 7.11 Å². The lowest BCUT2D eigenvalue weighted by Gasteiger charge is -2.15. The molecule has 1 saturated carbocycles. The highest BCUT2D eigenvalue weighted by molar-refractivity contribution is 9.10. The first-order chi connectivity index (χ1) is 10.8. The summed E-state index contributed by atoms with van der Waals surface area (Å²) in [6.07, 6.45) is 2.58. The van der Waals surface area contributed by atoms with Crippen LogP contribution in [0.5, 0.6) is 11.5 Å². The Labute approximate surface area is 139 Å². The number of rotatable bonds is 7. The topological polar surface area (TPSA) is 30.5 Å². The average Bonchev–Trinajstić information content (AvgIpc) is 3.36. The first-order valence-electron chi connectivity index (χ1n) is 7.53. The van der Waals surface area contributed by atoms with E-state index >= 15 is 0 Å². The summed E-state index contributed by atoms with van der Waals surface area (Å²) in [4.78, 5) is 0. The van der Waals surface area contributed by atoms with Crippen molar-refractivity contribution >= 4 is 15.9 Å². The summed E-state index contributed by atoms with van der Waals surface area (Å²) in [7, 11) is 1.68. The van der Waals surface area contributed by atoms with Crippen molar-refractivity contribution in [3.05, 3.63) is 58.1 Å². The third-order valence-corrected chi connectivity index (χ3v) is 4.28. The maximum Gasteiger partial charge on any atom is 0.175 e. The Bertz CT molecular complexity index is 626. The van der Waals surface area contributed by atoms with Crippen molar-refractivity contribution in [2.45, 2.75) is 32.0 Å². The second-order valence-electron chi connectivity index (χ2n) is 5.54. The van der Waals surface area contributed by atoms with Crippen LogP contribution in [0.3, 0.4) is 0 Å². The zero-order valence-corrected chi connectivity index (χ0v) is 14.2. The summed E-state index contributed by atoms with van der Waals surface area (Å²) in [5.74, 6) is 1.51. The van der Waals surface area contributed by atoms with Gasteiger partial charge in [0.2, 0.25) is 0 Å². The molecule has 1 aliphatic carbocycles. The van der Waals surface area contributed by atoms with E-state index in [0.29, 0.717) is 12.6 Å². The fraction of sp³-hybridized carbons (Fsp3) is 0.333. The quantitative estimate of drug-likeness (QED) is 0.797. The minimum atomic E-state index is 0.523. The van der Waals surface area contributed by atoms with Crippen LogP contribution in [-0.4, -0.2) is 13.2 Å². The lowest BCUT2D eigenvalue weighted by molar-refractivity contribution is 0.282. The molecule has 0 aromatic heterocycles. The zero-order chi connectivity index (χ0) is 15.4. The van der Waals surface area contributed by atoms with Crippen molar-refractivity contribution in [1.82, 2.24) is 5.32 Å². The van der Waals surface area contributed by atoms with Crippen LogP contribution in [0.25, 0.3) is 0 Å². The van der Waals surface area contributed by atoms with Crippen LogP contribution in [0.2, 0.25) is 0 Å². The van der Waals surface area contributed by atoms with E-state index in [0.717, 1.165) is 28.1 Å². The summed E-state index contributed by atoms with van der Waals surface area (Å²) < 4.78 is 12.4. The third-order valence-electron chi connectivity index (χ3n) is 3.69. The number of benzene rings is 2. The van der Waals surface area contributed by atoms with Gasteiger partial charge in [0.1, 0.15) is 6.61 Å². The van der Waals surface area contributed by atoms with Crippen LogP contribution >= 0.6 is 15.9 Å². The van der Waals surface area contributed by atoms with Crippen molar-refractivity contribution in [3.63, 3.8) is 0 Å². The van der Waals surface area contributed by atoms with Gasteiger partial charge in [-0.15, -0.1) is 0 Å². The minimum absolute atomic E-state index is 0.523. The Kier molecular flexibility index (Phi) is 5.01. The number of halogens is 1. The van der Waals surface area contributed by atoms with Crippen LogP contribution in [0.4, 0.5) is 0 Å². The molecule has 22 heavy (non-hydrogen) atoms. The summed E-state index contributed by atoms with van der Waals surface area (Å²) in [6.45, 7) is 1.38. The molecule has 3 nitrogen and oxygen atoms in total. The highest BCUT2D eigenvalue weighted by Crippen LogP contribution is 2.37. The molecule has 0 amide bonds. The van der Waals surface area contributed by atoms with Gasteiger partial charge in [0.05, 0.1) is 11.6 Å². The molecule has 0 spiro atoms. The van der Waals surface area contributed by atoms with E-state index in [9.17, 15) is 0 Å². The number of hydrogen-bond donors (Lipinski definition) is 1. The van der Waals surface area contributed by atoms with Crippen molar-refractivity contribution in [2.75, 3.05) is 7.11 Å². The monoisotopic (exact) mass is 361 g/mol. The summed E-state index contributed by atoms with van der Waals surface area (Å²) in [6, 6.07) is 15.0. The van der Waals surface area contributed by atoms with Crippen LogP contribution in [0.1, 0.15) is 24.0 Å². The Balaban J connectivity index is 1.71. The number of methoxy groups -OCH3 is 1. The summed E-state index contributed by atoms with van der Waals surface area (Å²) >= 11 is 3.60. The smallest absolute Gasteiger partial charge is 0.175 e. The van der Waals surface area contributed by atoms with Gasteiger partial charge < -0.3 is 14.8 Å². The molecule has 0 aliphatic heterocycles. The van der Waals surface area contributed by atoms with Gasteiger partial charge in [-0.25, -0.2) is 0 Å². The molecule has 0 unspecified atom stereocenters. The SMILES string of the molecule is COc1cc(CNC2CC2)cc(Br)c1OCc1ccccc1. The van der Waals surface area contributed by atoms with Gasteiger partial charge in [-0.05, 0) is 52.0 Å². The maximum absolute atomic E-state index is 5.95. The lowest BCUT2D eigenvalue weighted by Crippen LogP contribution is -2.15. The lowest BCUT2D eigenvalue weighted by atomic mass is 10.2. The molecule has 116 valence electrons. The van der Waals surface area contributed by atoms with Crippen molar-refractivity contribution in [1.29, 1.82) is 0 Å². The predicted molar refractivity (Wildman–Crippen MR) is 91.3 cm³/mol. The normalized spacial score (nSPS) is 13.9. The minimum Gasteiger partial charge on any atom is -0.493 e. The molecule has 0 heterocycles. The molecular formula is C18H20BrNO2. The van der Waals surface area contributed by atoms with Crippen LogP contribution < -0.4 is 14.8 Å². The van der Waals surface area contributed by atoms with Gasteiger partial charge in [0.25, 0.3) is 0 Å². The van der Waals surface area contributed by atoms with Gasteiger partial charge in [0.15, 0.2) is 11.5 Å².